The first-order valence-electron chi connectivity index (χ1n) is 7.79. The van der Waals surface area contributed by atoms with Gasteiger partial charge in [-0.2, -0.15) is 0 Å². The Balaban J connectivity index is 1.76. The van der Waals surface area contributed by atoms with E-state index in [0.717, 1.165) is 12.3 Å². The van der Waals surface area contributed by atoms with Crippen LogP contribution in [-0.4, -0.2) is 18.3 Å². The lowest BCUT2D eigenvalue weighted by molar-refractivity contribution is 0.00578. The second-order valence-electron chi connectivity index (χ2n) is 7.32. The highest BCUT2D eigenvalue weighted by molar-refractivity contribution is 6.47. The first-order chi connectivity index (χ1) is 9.39. The Morgan fingerprint density at radius 3 is 2.10 bits per heavy atom. The highest BCUT2D eigenvalue weighted by Crippen LogP contribution is 2.49. The Hall–Kier alpha value is -0.795. The van der Waals surface area contributed by atoms with Gasteiger partial charge in [0.1, 0.15) is 0 Å². The lowest BCUT2D eigenvalue weighted by Crippen LogP contribution is -2.41. The molecule has 0 spiro atoms. The molecule has 1 saturated carbocycles. The fraction of sp³-hybridized carbons (Fsp3) is 0.647. The second-order valence-corrected chi connectivity index (χ2v) is 7.32. The van der Waals surface area contributed by atoms with E-state index in [1.807, 2.05) is 0 Å². The zero-order chi connectivity index (χ0) is 14.4. The van der Waals surface area contributed by atoms with Crippen molar-refractivity contribution in [1.29, 1.82) is 0 Å². The third kappa shape index (κ3) is 2.66. The molecule has 0 N–H and O–H groups in total. The van der Waals surface area contributed by atoms with E-state index in [4.69, 9.17) is 9.31 Å². The summed E-state index contributed by atoms with van der Waals surface area (Å²) in [6.07, 6.45) is 3.70. The van der Waals surface area contributed by atoms with Crippen molar-refractivity contribution in [3.63, 3.8) is 0 Å². The maximum atomic E-state index is 6.28. The molecule has 1 atom stereocenters. The van der Waals surface area contributed by atoms with Crippen LogP contribution in [0.1, 0.15) is 46.1 Å². The van der Waals surface area contributed by atoms with Gasteiger partial charge in [0.25, 0.3) is 0 Å². The second kappa shape index (κ2) is 4.89. The molecule has 1 aromatic carbocycles. The lowest BCUT2D eigenvalue weighted by Gasteiger charge is -2.32. The maximum absolute atomic E-state index is 6.28. The van der Waals surface area contributed by atoms with Gasteiger partial charge in [-0.3, -0.25) is 0 Å². The van der Waals surface area contributed by atoms with Gasteiger partial charge in [0.2, 0.25) is 0 Å². The van der Waals surface area contributed by atoms with Crippen LogP contribution in [0.25, 0.3) is 0 Å². The van der Waals surface area contributed by atoms with E-state index in [1.54, 1.807) is 0 Å². The van der Waals surface area contributed by atoms with E-state index < -0.39 is 0 Å². The quantitative estimate of drug-likeness (QED) is 0.768. The minimum Gasteiger partial charge on any atom is -0.403 e. The zero-order valence-corrected chi connectivity index (χ0v) is 13.1. The minimum atomic E-state index is -0.221. The molecular formula is C17H25BO2. The monoisotopic (exact) mass is 272 g/mol. The van der Waals surface area contributed by atoms with Gasteiger partial charge < -0.3 is 9.31 Å². The molecule has 1 aliphatic heterocycles. The maximum Gasteiger partial charge on any atom is 0.461 e. The van der Waals surface area contributed by atoms with E-state index in [2.05, 4.69) is 58.0 Å². The summed E-state index contributed by atoms with van der Waals surface area (Å²) in [6, 6.07) is 10.7. The van der Waals surface area contributed by atoms with Gasteiger partial charge in [-0.15, -0.1) is 0 Å². The van der Waals surface area contributed by atoms with Crippen molar-refractivity contribution in [3.8, 4) is 0 Å². The molecule has 3 heteroatoms. The smallest absolute Gasteiger partial charge is 0.403 e. The first kappa shape index (κ1) is 14.2. The van der Waals surface area contributed by atoms with E-state index >= 15 is 0 Å². The van der Waals surface area contributed by atoms with Crippen molar-refractivity contribution in [2.24, 2.45) is 5.92 Å². The van der Waals surface area contributed by atoms with Crippen molar-refractivity contribution in [2.75, 3.05) is 0 Å². The van der Waals surface area contributed by atoms with E-state index in [0.29, 0.717) is 5.82 Å². The van der Waals surface area contributed by atoms with Crippen LogP contribution < -0.4 is 0 Å². The average Bonchev–Trinajstić information content (AvgIpc) is 3.16. The Kier molecular flexibility index (Phi) is 3.46. The molecule has 0 aromatic heterocycles. The molecule has 0 bridgehead atoms. The number of rotatable bonds is 4. The van der Waals surface area contributed by atoms with Gasteiger partial charge in [-0.05, 0) is 45.6 Å². The van der Waals surface area contributed by atoms with Crippen molar-refractivity contribution in [3.05, 3.63) is 35.9 Å². The van der Waals surface area contributed by atoms with Gasteiger partial charge >= 0.3 is 7.12 Å². The van der Waals surface area contributed by atoms with Crippen LogP contribution in [-0.2, 0) is 15.7 Å². The average molecular weight is 272 g/mol. The Labute approximate surface area is 123 Å². The largest absolute Gasteiger partial charge is 0.461 e. The molecule has 0 unspecified atom stereocenters. The van der Waals surface area contributed by atoms with Crippen LogP contribution in [0.5, 0.6) is 0 Å². The molecule has 108 valence electrons. The number of hydrogen-bond donors (Lipinski definition) is 0. The van der Waals surface area contributed by atoms with Crippen molar-refractivity contribution >= 4 is 7.12 Å². The summed E-state index contributed by atoms with van der Waals surface area (Å²) in [4.78, 5) is 0. The van der Waals surface area contributed by atoms with Gasteiger partial charge in [-0.25, -0.2) is 0 Å². The molecule has 0 amide bonds. The molecule has 1 heterocycles. The molecule has 1 saturated heterocycles. The predicted octanol–water partition coefficient (Wildman–Crippen LogP) is 4.10. The van der Waals surface area contributed by atoms with Crippen LogP contribution in [0.3, 0.4) is 0 Å². The number of hydrogen-bond acceptors (Lipinski definition) is 2. The Morgan fingerprint density at radius 2 is 1.60 bits per heavy atom. The highest BCUT2D eigenvalue weighted by Gasteiger charge is 2.56. The number of benzene rings is 1. The molecule has 1 aliphatic carbocycles. The molecule has 3 rings (SSSR count). The normalized spacial score (nSPS) is 25.7. The Morgan fingerprint density at radius 1 is 1.05 bits per heavy atom. The summed E-state index contributed by atoms with van der Waals surface area (Å²) in [5, 5.41) is 0. The standard InChI is InChI=1S/C17H25BO2/c1-16(2)17(3,4)20-18(19-16)15(14-10-11-14)12-13-8-6-5-7-9-13/h5-9,14-15H,10-12H2,1-4H3/t15-/m1/s1. The molecule has 20 heavy (non-hydrogen) atoms. The SMILES string of the molecule is CC1(C)OB([C@H](Cc2ccccc2)C2CC2)OC1(C)C. The predicted molar refractivity (Wildman–Crippen MR) is 82.7 cm³/mol. The van der Waals surface area contributed by atoms with Crippen molar-refractivity contribution in [2.45, 2.75) is 64.0 Å². The van der Waals surface area contributed by atoms with Gasteiger partial charge in [0, 0.05) is 5.82 Å². The van der Waals surface area contributed by atoms with Crippen LogP contribution in [0, 0.1) is 5.92 Å². The summed E-state index contributed by atoms with van der Waals surface area (Å²) in [5.74, 6) is 1.25. The van der Waals surface area contributed by atoms with Crippen LogP contribution in [0.4, 0.5) is 0 Å². The molecule has 2 aliphatic rings. The lowest BCUT2D eigenvalue weighted by atomic mass is 9.66. The topological polar surface area (TPSA) is 18.5 Å². The molecule has 1 aromatic rings. The summed E-state index contributed by atoms with van der Waals surface area (Å²) in [6.45, 7) is 8.55. The summed E-state index contributed by atoms with van der Waals surface area (Å²) >= 11 is 0. The van der Waals surface area contributed by atoms with Gasteiger partial charge in [-0.1, -0.05) is 43.2 Å². The molecular weight excluding hydrogens is 247 g/mol. The van der Waals surface area contributed by atoms with Crippen molar-refractivity contribution in [1.82, 2.24) is 0 Å². The van der Waals surface area contributed by atoms with Gasteiger partial charge in [0.05, 0.1) is 11.2 Å². The fourth-order valence-corrected chi connectivity index (χ4v) is 2.96. The van der Waals surface area contributed by atoms with Crippen LogP contribution in [0.2, 0.25) is 5.82 Å². The molecule has 2 fully saturated rings. The van der Waals surface area contributed by atoms with Crippen LogP contribution in [0.15, 0.2) is 30.3 Å². The van der Waals surface area contributed by atoms with E-state index in [-0.39, 0.29) is 18.3 Å². The summed E-state index contributed by atoms with van der Waals surface area (Å²) < 4.78 is 12.6. The minimum absolute atomic E-state index is 0.0623. The summed E-state index contributed by atoms with van der Waals surface area (Å²) in [7, 11) is -0.0623. The third-order valence-corrected chi connectivity index (χ3v) is 5.16. The summed E-state index contributed by atoms with van der Waals surface area (Å²) in [5.41, 5.74) is 0.947. The molecule has 0 radical (unpaired) electrons. The Bertz CT molecular complexity index is 449. The third-order valence-electron chi connectivity index (χ3n) is 5.16. The van der Waals surface area contributed by atoms with Crippen LogP contribution >= 0.6 is 0 Å². The highest BCUT2D eigenvalue weighted by atomic mass is 16.7. The fourth-order valence-electron chi connectivity index (χ4n) is 2.96. The van der Waals surface area contributed by atoms with E-state index in [1.165, 1.54) is 18.4 Å². The van der Waals surface area contributed by atoms with E-state index in [9.17, 15) is 0 Å². The molecule has 2 nitrogen and oxygen atoms in total. The first-order valence-corrected chi connectivity index (χ1v) is 7.79. The van der Waals surface area contributed by atoms with Gasteiger partial charge in [0.15, 0.2) is 0 Å². The zero-order valence-electron chi connectivity index (χ0n) is 13.1. The van der Waals surface area contributed by atoms with Crippen molar-refractivity contribution < 1.29 is 9.31 Å².